The summed E-state index contributed by atoms with van der Waals surface area (Å²) in [4.78, 5) is 12.2. The summed E-state index contributed by atoms with van der Waals surface area (Å²) in [5.41, 5.74) is 0.550. The molecule has 0 spiro atoms. The maximum Gasteiger partial charge on any atom is 0.237 e. The van der Waals surface area contributed by atoms with Crippen LogP contribution < -0.4 is 10.6 Å². The van der Waals surface area contributed by atoms with Crippen LogP contribution in [-0.4, -0.2) is 32.7 Å². The van der Waals surface area contributed by atoms with Gasteiger partial charge in [-0.2, -0.15) is 0 Å². The van der Waals surface area contributed by atoms with Crippen LogP contribution in [0.15, 0.2) is 23.1 Å². The highest BCUT2D eigenvalue weighted by atomic mass is 35.5. The number of fused-ring (bicyclic) bond motifs is 1. The minimum Gasteiger partial charge on any atom is -0.348 e. The van der Waals surface area contributed by atoms with Crippen molar-refractivity contribution in [2.45, 2.75) is 62.0 Å². The topological polar surface area (TPSA) is 75.3 Å². The van der Waals surface area contributed by atoms with Crippen molar-refractivity contribution < 1.29 is 17.6 Å². The van der Waals surface area contributed by atoms with E-state index in [2.05, 4.69) is 10.6 Å². The first-order chi connectivity index (χ1) is 11.8. The van der Waals surface area contributed by atoms with Gasteiger partial charge >= 0.3 is 0 Å². The van der Waals surface area contributed by atoms with Crippen molar-refractivity contribution in [2.24, 2.45) is 5.92 Å². The number of amides is 1. The Kier molecular flexibility index (Phi) is 6.69. The summed E-state index contributed by atoms with van der Waals surface area (Å²) in [6.45, 7) is 1.77. The zero-order chi connectivity index (χ0) is 18.2. The summed E-state index contributed by atoms with van der Waals surface area (Å²) in [6.07, 6.45) is 6.58. The average molecular weight is 405 g/mol. The lowest BCUT2D eigenvalue weighted by Gasteiger charge is -2.24. The smallest absolute Gasteiger partial charge is 0.237 e. The largest absolute Gasteiger partial charge is 0.348 e. The van der Waals surface area contributed by atoms with Crippen LogP contribution in [0.3, 0.4) is 0 Å². The fourth-order valence-electron chi connectivity index (χ4n) is 4.01. The zero-order valence-corrected chi connectivity index (χ0v) is 16.6. The molecule has 0 bridgehead atoms. The van der Waals surface area contributed by atoms with Crippen LogP contribution in [0.2, 0.25) is 0 Å². The van der Waals surface area contributed by atoms with Gasteiger partial charge in [0.25, 0.3) is 0 Å². The minimum absolute atomic E-state index is 0. The lowest BCUT2D eigenvalue weighted by atomic mass is 9.85. The number of carbonyl (C=O) groups excluding carboxylic acids is 1. The first kappa shape index (κ1) is 21.1. The van der Waals surface area contributed by atoms with Gasteiger partial charge in [-0.1, -0.05) is 18.9 Å². The molecule has 26 heavy (non-hydrogen) atoms. The summed E-state index contributed by atoms with van der Waals surface area (Å²) >= 11 is 0. The second kappa shape index (κ2) is 8.23. The van der Waals surface area contributed by atoms with Crippen molar-refractivity contribution in [3.63, 3.8) is 0 Å². The van der Waals surface area contributed by atoms with Crippen molar-refractivity contribution in [3.8, 4) is 0 Å². The molecular formula is C18H26ClFN2O3S. The summed E-state index contributed by atoms with van der Waals surface area (Å²) < 4.78 is 37.0. The molecule has 4 atom stereocenters. The second-order valence-electron chi connectivity index (χ2n) is 7.30. The Labute approximate surface area is 160 Å². The van der Waals surface area contributed by atoms with Gasteiger partial charge in [-0.15, -0.1) is 12.4 Å². The number of benzene rings is 1. The maximum absolute atomic E-state index is 14.0. The predicted octanol–water partition coefficient (Wildman–Crippen LogP) is 2.75. The molecule has 2 fully saturated rings. The molecule has 1 saturated carbocycles. The van der Waals surface area contributed by atoms with E-state index in [-0.39, 0.29) is 35.3 Å². The highest BCUT2D eigenvalue weighted by Crippen LogP contribution is 2.33. The zero-order valence-electron chi connectivity index (χ0n) is 15.0. The van der Waals surface area contributed by atoms with Gasteiger partial charge in [-0.05, 0) is 49.8 Å². The number of nitrogens with one attached hydrogen (secondary N) is 2. The Morgan fingerprint density at radius 2 is 2.00 bits per heavy atom. The van der Waals surface area contributed by atoms with Gasteiger partial charge in [-0.25, -0.2) is 12.8 Å². The van der Waals surface area contributed by atoms with Crippen molar-refractivity contribution >= 4 is 28.2 Å². The summed E-state index contributed by atoms with van der Waals surface area (Å²) in [6, 6.07) is 3.84. The number of hydrogen-bond donors (Lipinski definition) is 2. The molecule has 1 aliphatic heterocycles. The number of sulfone groups is 1. The molecule has 5 nitrogen and oxygen atoms in total. The normalized spacial score (nSPS) is 26.5. The Morgan fingerprint density at radius 3 is 2.62 bits per heavy atom. The SMILES string of the molecule is CC(NC(=O)C1CC2CCCCC2N1)c1ccc(S(C)(=O)=O)c(F)c1.Cl. The van der Waals surface area contributed by atoms with Crippen LogP contribution in [-0.2, 0) is 14.6 Å². The third kappa shape index (κ3) is 4.56. The molecule has 8 heteroatoms. The van der Waals surface area contributed by atoms with Crippen LogP contribution in [0, 0.1) is 11.7 Å². The predicted molar refractivity (Wildman–Crippen MR) is 101 cm³/mol. The fourth-order valence-corrected chi connectivity index (χ4v) is 4.73. The summed E-state index contributed by atoms with van der Waals surface area (Å²) in [5.74, 6) is -0.285. The third-order valence-electron chi connectivity index (χ3n) is 5.39. The monoisotopic (exact) mass is 404 g/mol. The average Bonchev–Trinajstić information content (AvgIpc) is 2.97. The lowest BCUT2D eigenvalue weighted by Crippen LogP contribution is -2.43. The van der Waals surface area contributed by atoms with Crippen molar-refractivity contribution in [2.75, 3.05) is 6.26 Å². The highest BCUT2D eigenvalue weighted by molar-refractivity contribution is 7.90. The maximum atomic E-state index is 14.0. The van der Waals surface area contributed by atoms with Crippen LogP contribution in [0.5, 0.6) is 0 Å². The van der Waals surface area contributed by atoms with Crippen LogP contribution >= 0.6 is 12.4 Å². The van der Waals surface area contributed by atoms with Gasteiger partial charge in [-0.3, -0.25) is 4.79 Å². The van der Waals surface area contributed by atoms with E-state index in [0.717, 1.165) is 19.1 Å². The van der Waals surface area contributed by atoms with Gasteiger partial charge in [0, 0.05) is 12.3 Å². The molecule has 1 aromatic carbocycles. The van der Waals surface area contributed by atoms with E-state index < -0.39 is 15.7 Å². The first-order valence-electron chi connectivity index (χ1n) is 8.81. The van der Waals surface area contributed by atoms with E-state index in [9.17, 15) is 17.6 Å². The Balaban J connectivity index is 0.00000243. The van der Waals surface area contributed by atoms with Crippen LogP contribution in [0.1, 0.15) is 50.6 Å². The molecule has 2 aliphatic rings. The number of rotatable bonds is 4. The minimum atomic E-state index is -3.60. The van der Waals surface area contributed by atoms with E-state index in [0.29, 0.717) is 17.5 Å². The summed E-state index contributed by atoms with van der Waals surface area (Å²) in [5, 5.41) is 6.34. The molecule has 1 aliphatic carbocycles. The van der Waals surface area contributed by atoms with E-state index in [4.69, 9.17) is 0 Å². The van der Waals surface area contributed by atoms with Crippen molar-refractivity contribution in [1.29, 1.82) is 0 Å². The number of halogens is 2. The van der Waals surface area contributed by atoms with Crippen molar-refractivity contribution in [1.82, 2.24) is 10.6 Å². The molecule has 0 radical (unpaired) electrons. The third-order valence-corrected chi connectivity index (χ3v) is 6.52. The lowest BCUT2D eigenvalue weighted by molar-refractivity contribution is -0.123. The van der Waals surface area contributed by atoms with E-state index in [1.165, 1.54) is 31.4 Å². The van der Waals surface area contributed by atoms with E-state index in [1.807, 2.05) is 0 Å². The Morgan fingerprint density at radius 1 is 1.31 bits per heavy atom. The standard InChI is InChI=1S/C18H25FN2O3S.ClH/c1-11(12-7-8-17(14(19)9-12)25(2,23)24)20-18(22)16-10-13-5-3-4-6-15(13)21-16;/h7-9,11,13,15-16,21H,3-6,10H2,1-2H3,(H,20,22);1H. The first-order valence-corrected chi connectivity index (χ1v) is 10.7. The quantitative estimate of drug-likeness (QED) is 0.809. The molecule has 1 amide bonds. The molecular weight excluding hydrogens is 379 g/mol. The molecule has 1 aromatic rings. The molecule has 4 unspecified atom stereocenters. The number of carbonyl (C=O) groups is 1. The van der Waals surface area contributed by atoms with E-state index in [1.54, 1.807) is 13.0 Å². The molecule has 3 rings (SSSR count). The molecule has 146 valence electrons. The number of hydrogen-bond acceptors (Lipinski definition) is 4. The highest BCUT2D eigenvalue weighted by Gasteiger charge is 2.38. The van der Waals surface area contributed by atoms with Gasteiger partial charge in [0.05, 0.1) is 12.1 Å². The van der Waals surface area contributed by atoms with Crippen LogP contribution in [0.25, 0.3) is 0 Å². The molecule has 1 saturated heterocycles. The Bertz CT molecular complexity index is 758. The van der Waals surface area contributed by atoms with Crippen molar-refractivity contribution in [3.05, 3.63) is 29.6 Å². The van der Waals surface area contributed by atoms with Gasteiger partial charge in [0.15, 0.2) is 9.84 Å². The van der Waals surface area contributed by atoms with E-state index >= 15 is 0 Å². The fraction of sp³-hybridized carbons (Fsp3) is 0.611. The van der Waals surface area contributed by atoms with Gasteiger partial charge < -0.3 is 10.6 Å². The van der Waals surface area contributed by atoms with Gasteiger partial charge in [0.1, 0.15) is 10.7 Å². The molecule has 1 heterocycles. The van der Waals surface area contributed by atoms with Gasteiger partial charge in [0.2, 0.25) is 5.91 Å². The molecule has 0 aromatic heterocycles. The van der Waals surface area contributed by atoms with Crippen LogP contribution in [0.4, 0.5) is 4.39 Å². The molecule has 2 N–H and O–H groups in total. The second-order valence-corrected chi connectivity index (χ2v) is 9.28. The summed E-state index contributed by atoms with van der Waals surface area (Å²) in [7, 11) is -3.60. The Hall–Kier alpha value is -1.18.